The van der Waals surface area contributed by atoms with Crippen LogP contribution in [0.15, 0.2) is 49.3 Å². The van der Waals surface area contributed by atoms with Crippen molar-refractivity contribution < 1.29 is 4.39 Å². The molecule has 0 fully saturated rings. The van der Waals surface area contributed by atoms with E-state index in [9.17, 15) is 4.39 Å². The first-order valence-corrected chi connectivity index (χ1v) is 7.85. The molecule has 118 valence electrons. The van der Waals surface area contributed by atoms with Crippen molar-refractivity contribution in [3.63, 3.8) is 0 Å². The molecule has 0 aliphatic heterocycles. The Morgan fingerprint density at radius 1 is 1.30 bits per heavy atom. The lowest BCUT2D eigenvalue weighted by Crippen LogP contribution is -1.93. The van der Waals surface area contributed by atoms with Crippen molar-refractivity contribution in [2.45, 2.75) is 38.8 Å². The molecule has 3 heteroatoms. The number of benzene rings is 1. The van der Waals surface area contributed by atoms with Gasteiger partial charge in [0.05, 0.1) is 6.17 Å². The highest BCUT2D eigenvalue weighted by Crippen LogP contribution is 2.19. The second-order valence-corrected chi connectivity index (χ2v) is 5.41. The molecule has 0 spiro atoms. The molecule has 0 bridgehead atoms. The maximum atomic E-state index is 12.8. The van der Waals surface area contributed by atoms with Gasteiger partial charge in [-0.3, -0.25) is 0 Å². The van der Waals surface area contributed by atoms with Gasteiger partial charge in [0.1, 0.15) is 0 Å². The van der Waals surface area contributed by atoms with Crippen LogP contribution >= 0.6 is 0 Å². The van der Waals surface area contributed by atoms with Gasteiger partial charge in [-0.2, -0.15) is 0 Å². The van der Waals surface area contributed by atoms with Crippen molar-refractivity contribution in [2.75, 3.05) is 0 Å². The quantitative estimate of drug-likeness (QED) is 0.437. The van der Waals surface area contributed by atoms with E-state index in [1.54, 1.807) is 25.4 Å². The number of hydrogen-bond donors (Lipinski definition) is 0. The molecule has 0 saturated heterocycles. The van der Waals surface area contributed by atoms with E-state index in [0.717, 1.165) is 29.5 Å². The number of aromatic nitrogens is 2. The van der Waals surface area contributed by atoms with Gasteiger partial charge in [0.25, 0.3) is 0 Å². The number of alkyl halides is 1. The second-order valence-electron chi connectivity index (χ2n) is 5.41. The minimum atomic E-state index is -0.752. The molecule has 0 saturated carbocycles. The molecule has 1 aromatic heterocycles. The van der Waals surface area contributed by atoms with Crippen LogP contribution in [0.3, 0.4) is 0 Å². The van der Waals surface area contributed by atoms with Gasteiger partial charge < -0.3 is 0 Å². The van der Waals surface area contributed by atoms with Crippen LogP contribution in [0.2, 0.25) is 0 Å². The number of hydrogen-bond acceptors (Lipinski definition) is 2. The van der Waals surface area contributed by atoms with Crippen LogP contribution in [0.1, 0.15) is 37.3 Å². The number of halogens is 1. The van der Waals surface area contributed by atoms with Crippen LogP contribution in [0, 0.1) is 11.8 Å². The maximum absolute atomic E-state index is 12.8. The molecule has 2 nitrogen and oxygen atoms in total. The largest absolute Gasteiger partial charge is 0.248 e. The molecular formula is C20H21FN2. The van der Waals surface area contributed by atoms with E-state index in [1.165, 1.54) is 0 Å². The highest BCUT2D eigenvalue weighted by atomic mass is 19.1. The molecule has 1 heterocycles. The van der Waals surface area contributed by atoms with Gasteiger partial charge >= 0.3 is 0 Å². The van der Waals surface area contributed by atoms with Crippen LogP contribution in [0.25, 0.3) is 11.4 Å². The van der Waals surface area contributed by atoms with E-state index in [0.29, 0.717) is 18.7 Å². The molecule has 1 atom stereocenters. The van der Waals surface area contributed by atoms with Crippen molar-refractivity contribution in [3.05, 3.63) is 60.4 Å². The summed E-state index contributed by atoms with van der Waals surface area (Å²) in [5.74, 6) is 7.03. The second kappa shape index (κ2) is 8.85. The van der Waals surface area contributed by atoms with E-state index in [2.05, 4.69) is 34.5 Å². The SMILES string of the molecule is C=CCc1cc(-c2ncccn2)ccc1C#CCCCC(C)F. The first-order chi connectivity index (χ1) is 11.2. The van der Waals surface area contributed by atoms with Crippen LogP contribution < -0.4 is 0 Å². The molecule has 2 rings (SSSR count). The third-order valence-corrected chi connectivity index (χ3v) is 3.42. The molecule has 1 unspecified atom stereocenters. The molecule has 23 heavy (non-hydrogen) atoms. The Balaban J connectivity index is 2.17. The molecular weight excluding hydrogens is 287 g/mol. The zero-order valence-electron chi connectivity index (χ0n) is 13.4. The van der Waals surface area contributed by atoms with Crippen LogP contribution in [0.5, 0.6) is 0 Å². The molecule has 1 aromatic carbocycles. The van der Waals surface area contributed by atoms with E-state index in [-0.39, 0.29) is 0 Å². The Morgan fingerprint density at radius 3 is 2.78 bits per heavy atom. The first-order valence-electron chi connectivity index (χ1n) is 7.85. The summed E-state index contributed by atoms with van der Waals surface area (Å²) in [5.41, 5.74) is 3.06. The highest BCUT2D eigenvalue weighted by Gasteiger charge is 2.05. The van der Waals surface area contributed by atoms with Gasteiger partial charge in [-0.25, -0.2) is 14.4 Å². The van der Waals surface area contributed by atoms with E-state index in [4.69, 9.17) is 0 Å². The number of rotatable bonds is 6. The molecule has 2 aromatic rings. The van der Waals surface area contributed by atoms with E-state index >= 15 is 0 Å². The lowest BCUT2D eigenvalue weighted by Gasteiger charge is -2.05. The molecule has 0 aliphatic rings. The number of allylic oxidation sites excluding steroid dienone is 1. The lowest BCUT2D eigenvalue weighted by atomic mass is 10.0. The Labute approximate surface area is 137 Å². The van der Waals surface area contributed by atoms with Gasteiger partial charge in [0.15, 0.2) is 5.82 Å². The van der Waals surface area contributed by atoms with Gasteiger partial charge in [0, 0.05) is 29.9 Å². The normalized spacial score (nSPS) is 11.4. The predicted octanol–water partition coefficient (Wildman–Crippen LogP) is 4.75. The molecule has 0 radical (unpaired) electrons. The van der Waals surface area contributed by atoms with Crippen molar-refractivity contribution in [3.8, 4) is 23.2 Å². The fraction of sp³-hybridized carbons (Fsp3) is 0.300. The summed E-state index contributed by atoms with van der Waals surface area (Å²) in [6.45, 7) is 5.39. The molecule has 0 aliphatic carbocycles. The van der Waals surface area contributed by atoms with Crippen molar-refractivity contribution in [2.24, 2.45) is 0 Å². The standard InChI is InChI=1S/C20H21FN2/c1-3-8-18-15-19(20-22-13-7-14-23-20)12-11-17(18)10-6-4-5-9-16(2)21/h3,7,11-16H,1,4-5,8-9H2,2H3. The molecule has 0 N–H and O–H groups in total. The number of unbranched alkanes of at least 4 members (excludes halogenated alkanes) is 1. The zero-order chi connectivity index (χ0) is 16.5. The monoisotopic (exact) mass is 308 g/mol. The van der Waals surface area contributed by atoms with Gasteiger partial charge in [0.2, 0.25) is 0 Å². The summed E-state index contributed by atoms with van der Waals surface area (Å²) in [6, 6.07) is 7.84. The van der Waals surface area contributed by atoms with Crippen molar-refractivity contribution in [1.29, 1.82) is 0 Å². The molecule has 0 amide bonds. The average Bonchev–Trinajstić information content (AvgIpc) is 2.56. The maximum Gasteiger partial charge on any atom is 0.159 e. The zero-order valence-corrected chi connectivity index (χ0v) is 13.4. The summed E-state index contributed by atoms with van der Waals surface area (Å²) in [7, 11) is 0. The topological polar surface area (TPSA) is 25.8 Å². The summed E-state index contributed by atoms with van der Waals surface area (Å²) >= 11 is 0. The predicted molar refractivity (Wildman–Crippen MR) is 92.7 cm³/mol. The third-order valence-electron chi connectivity index (χ3n) is 3.42. The van der Waals surface area contributed by atoms with Gasteiger partial charge in [-0.05, 0) is 56.0 Å². The lowest BCUT2D eigenvalue weighted by molar-refractivity contribution is 0.336. The van der Waals surface area contributed by atoms with Crippen molar-refractivity contribution in [1.82, 2.24) is 9.97 Å². The number of nitrogens with zero attached hydrogens (tertiary/aromatic N) is 2. The Hall–Kier alpha value is -2.47. The smallest absolute Gasteiger partial charge is 0.159 e. The van der Waals surface area contributed by atoms with Crippen LogP contribution in [-0.2, 0) is 6.42 Å². The fourth-order valence-electron chi connectivity index (χ4n) is 2.26. The average molecular weight is 308 g/mol. The Kier molecular flexibility index (Phi) is 6.50. The third kappa shape index (κ3) is 5.34. The minimum Gasteiger partial charge on any atom is -0.248 e. The van der Waals surface area contributed by atoms with Gasteiger partial charge in [-0.1, -0.05) is 17.9 Å². The van der Waals surface area contributed by atoms with Crippen molar-refractivity contribution >= 4 is 0 Å². The fourth-order valence-corrected chi connectivity index (χ4v) is 2.26. The summed E-state index contributed by atoms with van der Waals surface area (Å²) < 4.78 is 12.8. The van der Waals surface area contributed by atoms with E-state index < -0.39 is 6.17 Å². The van der Waals surface area contributed by atoms with E-state index in [1.807, 2.05) is 18.2 Å². The van der Waals surface area contributed by atoms with Crippen LogP contribution in [-0.4, -0.2) is 16.1 Å². The van der Waals surface area contributed by atoms with Gasteiger partial charge in [-0.15, -0.1) is 6.58 Å². The summed E-state index contributed by atoms with van der Waals surface area (Å²) in [6.07, 6.45) is 7.39. The Bertz CT molecular complexity index is 697. The first kappa shape index (κ1) is 16.9. The highest BCUT2D eigenvalue weighted by molar-refractivity contribution is 5.59. The summed E-state index contributed by atoms with van der Waals surface area (Å²) in [4.78, 5) is 8.55. The Morgan fingerprint density at radius 2 is 2.09 bits per heavy atom. The minimum absolute atomic E-state index is 0.568. The summed E-state index contributed by atoms with van der Waals surface area (Å²) in [5, 5.41) is 0. The van der Waals surface area contributed by atoms with Crippen LogP contribution in [0.4, 0.5) is 4.39 Å².